The van der Waals surface area contributed by atoms with E-state index in [1.165, 1.54) is 50.4 Å². The minimum absolute atomic E-state index is 0.0925. The van der Waals surface area contributed by atoms with Gasteiger partial charge in [-0.3, -0.25) is 0 Å². The van der Waals surface area contributed by atoms with Gasteiger partial charge >= 0.3 is 0 Å². The van der Waals surface area contributed by atoms with Crippen molar-refractivity contribution in [2.75, 3.05) is 4.90 Å². The summed E-state index contributed by atoms with van der Waals surface area (Å²) in [5, 5.41) is 0. The van der Waals surface area contributed by atoms with Gasteiger partial charge in [-0.15, -0.1) is 0 Å². The zero-order chi connectivity index (χ0) is 25.9. The number of rotatable bonds is 4. The molecule has 0 heterocycles. The summed E-state index contributed by atoms with van der Waals surface area (Å²) in [6, 6.07) is 33.7. The number of nitrogens with zero attached hydrogens (tertiary/aromatic N) is 1. The average molecular weight is 474 g/mol. The van der Waals surface area contributed by atoms with Crippen LogP contribution in [0.25, 0.3) is 11.1 Å². The molecule has 0 saturated carbocycles. The van der Waals surface area contributed by atoms with Crippen LogP contribution in [0.4, 0.5) is 17.1 Å². The highest BCUT2D eigenvalue weighted by atomic mass is 15.1. The van der Waals surface area contributed by atoms with Gasteiger partial charge in [-0.2, -0.15) is 0 Å². The Bertz CT molecular complexity index is 1360. The van der Waals surface area contributed by atoms with Crippen LogP contribution in [0.5, 0.6) is 0 Å². The normalized spacial score (nSPS) is 17.0. The van der Waals surface area contributed by atoms with Crippen LogP contribution in [-0.2, 0) is 10.8 Å². The van der Waals surface area contributed by atoms with Gasteiger partial charge in [0, 0.05) is 17.1 Å². The van der Waals surface area contributed by atoms with Gasteiger partial charge in [0.05, 0.1) is 0 Å². The molecule has 0 fully saturated rings. The summed E-state index contributed by atoms with van der Waals surface area (Å²) in [7, 11) is 0. The second kappa shape index (κ2) is 8.37. The Morgan fingerprint density at radius 1 is 0.472 bits per heavy atom. The lowest BCUT2D eigenvalue weighted by molar-refractivity contribution is 0.125. The first-order chi connectivity index (χ1) is 16.9. The Morgan fingerprint density at radius 3 is 1.53 bits per heavy atom. The lowest BCUT2D eigenvalue weighted by Gasteiger charge is -2.44. The summed E-state index contributed by atoms with van der Waals surface area (Å²) in [6.45, 7) is 18.8. The van der Waals surface area contributed by atoms with Crippen molar-refractivity contribution >= 4 is 17.1 Å². The Labute approximate surface area is 217 Å². The van der Waals surface area contributed by atoms with Crippen molar-refractivity contribution < 1.29 is 0 Å². The Morgan fingerprint density at radius 2 is 0.972 bits per heavy atom. The Balaban J connectivity index is 1.62. The molecule has 0 aromatic heterocycles. The van der Waals surface area contributed by atoms with Crippen LogP contribution >= 0.6 is 0 Å². The smallest absolute Gasteiger partial charge is 0.0467 e. The zero-order valence-corrected chi connectivity index (χ0v) is 23.1. The quantitative estimate of drug-likeness (QED) is 0.285. The lowest BCUT2D eigenvalue weighted by Crippen LogP contribution is -2.42. The molecule has 0 bridgehead atoms. The fourth-order valence-electron chi connectivity index (χ4n) is 5.90. The maximum Gasteiger partial charge on any atom is 0.0467 e. The first kappa shape index (κ1) is 24.4. The molecule has 4 aromatic carbocycles. The molecule has 0 radical (unpaired) electrons. The number of fused-ring (bicyclic) bond motifs is 1. The third-order valence-corrected chi connectivity index (χ3v) is 9.51. The maximum absolute atomic E-state index is 2.45. The average Bonchev–Trinajstić information content (AvgIpc) is 2.96. The minimum Gasteiger partial charge on any atom is -0.310 e. The molecule has 1 nitrogen and oxygen atoms in total. The number of hydrogen-bond acceptors (Lipinski definition) is 1. The summed E-state index contributed by atoms with van der Waals surface area (Å²) in [5.74, 6) is 0. The van der Waals surface area contributed by atoms with E-state index < -0.39 is 0 Å². The van der Waals surface area contributed by atoms with Gasteiger partial charge in [0.1, 0.15) is 0 Å². The van der Waals surface area contributed by atoms with E-state index in [4.69, 9.17) is 0 Å². The molecule has 0 spiro atoms. The summed E-state index contributed by atoms with van der Waals surface area (Å²) >= 11 is 0. The van der Waals surface area contributed by atoms with Gasteiger partial charge in [-0.05, 0) is 88.7 Å². The summed E-state index contributed by atoms with van der Waals surface area (Å²) in [4.78, 5) is 2.35. The molecule has 0 unspecified atom stereocenters. The van der Waals surface area contributed by atoms with Crippen LogP contribution in [-0.4, -0.2) is 0 Å². The molecule has 1 heteroatoms. The molecule has 1 aliphatic rings. The largest absolute Gasteiger partial charge is 0.310 e. The molecule has 0 atom stereocenters. The summed E-state index contributed by atoms with van der Waals surface area (Å²) in [5.41, 5.74) is 11.9. The second-order valence-electron chi connectivity index (χ2n) is 12.2. The molecule has 0 N–H and O–H groups in total. The molecule has 0 saturated heterocycles. The molecule has 0 aliphatic heterocycles. The topological polar surface area (TPSA) is 3.24 Å². The molecule has 0 amide bonds. The van der Waals surface area contributed by atoms with E-state index in [1.807, 2.05) is 0 Å². The van der Waals surface area contributed by atoms with Gasteiger partial charge in [-0.1, -0.05) is 107 Å². The number of anilines is 3. The van der Waals surface area contributed by atoms with E-state index in [9.17, 15) is 0 Å². The minimum atomic E-state index is 0.0925. The molecule has 36 heavy (non-hydrogen) atoms. The van der Waals surface area contributed by atoms with E-state index in [0.717, 1.165) is 0 Å². The highest BCUT2D eigenvalue weighted by molar-refractivity contribution is 5.80. The van der Waals surface area contributed by atoms with Crippen LogP contribution < -0.4 is 4.90 Å². The molecular weight excluding hydrogens is 434 g/mol. The van der Waals surface area contributed by atoms with Crippen molar-refractivity contribution in [1.82, 2.24) is 0 Å². The molecule has 5 rings (SSSR count). The van der Waals surface area contributed by atoms with Crippen molar-refractivity contribution in [2.24, 2.45) is 5.41 Å². The van der Waals surface area contributed by atoms with E-state index in [0.29, 0.717) is 0 Å². The van der Waals surface area contributed by atoms with Gasteiger partial charge in [0.15, 0.2) is 0 Å². The van der Waals surface area contributed by atoms with Crippen molar-refractivity contribution in [3.63, 3.8) is 0 Å². The number of benzene rings is 4. The first-order valence-electron chi connectivity index (χ1n) is 13.1. The van der Waals surface area contributed by atoms with E-state index >= 15 is 0 Å². The Hall–Kier alpha value is -3.32. The second-order valence-corrected chi connectivity index (χ2v) is 12.2. The van der Waals surface area contributed by atoms with Gasteiger partial charge < -0.3 is 4.90 Å². The standard InChI is InChI=1S/C35H39N/c1-24-12-17-28(18-13-24)36(29-19-14-25(2)15-20-29)30-11-9-10-26(22-30)27-16-21-31-32(23-27)34(5,6)35(7,8)33(31,3)4/h9-23H,1-8H3. The highest BCUT2D eigenvalue weighted by Gasteiger charge is 2.56. The number of hydrogen-bond donors (Lipinski definition) is 0. The number of aryl methyl sites for hydroxylation is 2. The van der Waals surface area contributed by atoms with E-state index in [-0.39, 0.29) is 16.2 Å². The van der Waals surface area contributed by atoms with Crippen molar-refractivity contribution in [2.45, 2.75) is 66.2 Å². The fraction of sp³-hybridized carbons (Fsp3) is 0.314. The Kier molecular flexibility index (Phi) is 5.67. The SMILES string of the molecule is Cc1ccc(N(c2ccc(C)cc2)c2cccc(-c3ccc4c(c3)C(C)(C)C(C)(C)C4(C)C)c2)cc1. The maximum atomic E-state index is 2.45. The van der Waals surface area contributed by atoms with Crippen LogP contribution in [0.3, 0.4) is 0 Å². The third kappa shape index (κ3) is 3.68. The fourth-order valence-corrected chi connectivity index (χ4v) is 5.90. The predicted octanol–water partition coefficient (Wildman–Crippen LogP) is 10.0. The van der Waals surface area contributed by atoms with Crippen molar-refractivity contribution in [3.05, 3.63) is 113 Å². The van der Waals surface area contributed by atoms with Crippen LogP contribution in [0.2, 0.25) is 0 Å². The highest BCUT2D eigenvalue weighted by Crippen LogP contribution is 2.61. The monoisotopic (exact) mass is 473 g/mol. The van der Waals surface area contributed by atoms with Gasteiger partial charge in [0.25, 0.3) is 0 Å². The predicted molar refractivity (Wildman–Crippen MR) is 156 cm³/mol. The zero-order valence-electron chi connectivity index (χ0n) is 23.1. The van der Waals surface area contributed by atoms with E-state index in [1.54, 1.807) is 0 Å². The third-order valence-electron chi connectivity index (χ3n) is 9.51. The van der Waals surface area contributed by atoms with Crippen LogP contribution in [0.1, 0.15) is 63.8 Å². The van der Waals surface area contributed by atoms with Crippen molar-refractivity contribution in [1.29, 1.82) is 0 Å². The first-order valence-corrected chi connectivity index (χ1v) is 13.1. The lowest BCUT2D eigenvalue weighted by atomic mass is 9.59. The molecular formula is C35H39N. The van der Waals surface area contributed by atoms with Crippen LogP contribution in [0.15, 0.2) is 91.0 Å². The van der Waals surface area contributed by atoms with Crippen molar-refractivity contribution in [3.8, 4) is 11.1 Å². The molecule has 4 aromatic rings. The summed E-state index contributed by atoms with van der Waals surface area (Å²) < 4.78 is 0. The van der Waals surface area contributed by atoms with Gasteiger partial charge in [-0.25, -0.2) is 0 Å². The van der Waals surface area contributed by atoms with E-state index in [2.05, 4.69) is 151 Å². The summed E-state index contributed by atoms with van der Waals surface area (Å²) in [6.07, 6.45) is 0. The molecule has 184 valence electrons. The van der Waals surface area contributed by atoms with Gasteiger partial charge in [0.2, 0.25) is 0 Å². The molecule has 1 aliphatic carbocycles. The van der Waals surface area contributed by atoms with Crippen LogP contribution in [0, 0.1) is 19.3 Å².